The highest BCUT2D eigenvalue weighted by Gasteiger charge is 2.32. The highest BCUT2D eigenvalue weighted by molar-refractivity contribution is 5.99. The number of rotatable bonds is 4. The zero-order valence-corrected chi connectivity index (χ0v) is 13.5. The molecule has 128 valence electrons. The minimum Gasteiger partial charge on any atom is -0.493 e. The molecule has 0 spiro atoms. The zero-order valence-electron chi connectivity index (χ0n) is 13.5. The van der Waals surface area contributed by atoms with Gasteiger partial charge in [-0.15, -0.1) is 0 Å². The molecule has 1 N–H and O–H groups in total. The maximum Gasteiger partial charge on any atom is 0.262 e. The van der Waals surface area contributed by atoms with E-state index in [2.05, 4.69) is 10.3 Å². The van der Waals surface area contributed by atoms with Gasteiger partial charge in [0.1, 0.15) is 11.4 Å². The highest BCUT2D eigenvalue weighted by Crippen LogP contribution is 2.27. The van der Waals surface area contributed by atoms with E-state index >= 15 is 0 Å². The van der Waals surface area contributed by atoms with Crippen LogP contribution in [0.5, 0.6) is 11.6 Å². The normalized spacial score (nSPS) is 16.3. The van der Waals surface area contributed by atoms with Crippen molar-refractivity contribution >= 4 is 17.5 Å². The van der Waals surface area contributed by atoms with E-state index in [1.54, 1.807) is 11.0 Å². The number of ether oxygens (including phenoxy) is 2. The van der Waals surface area contributed by atoms with Crippen molar-refractivity contribution < 1.29 is 19.1 Å². The van der Waals surface area contributed by atoms with Gasteiger partial charge >= 0.3 is 0 Å². The largest absolute Gasteiger partial charge is 0.493 e. The lowest BCUT2D eigenvalue weighted by Gasteiger charge is -2.39. The standard InChI is InChI=1S/C18H17N3O4/c22-16-11-25-17-15(20-16)6-13(7-19-17)18(23)21-8-12(9-21)10-24-14-4-2-1-3-5-14/h1-7,12H,8-11H2,(H,20,22). The molecule has 1 aromatic heterocycles. The molecule has 4 rings (SSSR count). The molecule has 1 aromatic carbocycles. The Morgan fingerprint density at radius 1 is 1.32 bits per heavy atom. The van der Waals surface area contributed by atoms with Crippen LogP contribution in [0.2, 0.25) is 0 Å². The quantitative estimate of drug-likeness (QED) is 0.914. The van der Waals surface area contributed by atoms with Crippen LogP contribution in [0, 0.1) is 5.92 Å². The second-order valence-electron chi connectivity index (χ2n) is 6.11. The van der Waals surface area contributed by atoms with Crippen molar-refractivity contribution in [3.63, 3.8) is 0 Å². The third-order valence-electron chi connectivity index (χ3n) is 4.19. The number of benzene rings is 1. The Hall–Kier alpha value is -3.09. The van der Waals surface area contributed by atoms with Gasteiger partial charge in [0.2, 0.25) is 5.88 Å². The zero-order chi connectivity index (χ0) is 17.2. The van der Waals surface area contributed by atoms with E-state index in [-0.39, 0.29) is 18.4 Å². The van der Waals surface area contributed by atoms with Gasteiger partial charge in [-0.3, -0.25) is 9.59 Å². The molecule has 25 heavy (non-hydrogen) atoms. The maximum atomic E-state index is 12.5. The summed E-state index contributed by atoms with van der Waals surface area (Å²) in [4.78, 5) is 29.7. The van der Waals surface area contributed by atoms with Gasteiger partial charge in [-0.1, -0.05) is 18.2 Å². The van der Waals surface area contributed by atoms with Gasteiger partial charge in [-0.2, -0.15) is 0 Å². The molecule has 0 saturated carbocycles. The smallest absolute Gasteiger partial charge is 0.262 e. The highest BCUT2D eigenvalue weighted by atomic mass is 16.5. The number of carbonyl (C=O) groups excluding carboxylic acids is 2. The Balaban J connectivity index is 1.32. The van der Waals surface area contributed by atoms with E-state index in [1.165, 1.54) is 6.20 Å². The van der Waals surface area contributed by atoms with Gasteiger partial charge < -0.3 is 19.7 Å². The number of para-hydroxylation sites is 1. The number of nitrogens with zero attached hydrogens (tertiary/aromatic N) is 2. The van der Waals surface area contributed by atoms with Crippen LogP contribution in [0.25, 0.3) is 0 Å². The van der Waals surface area contributed by atoms with Gasteiger partial charge in [0.25, 0.3) is 11.8 Å². The molecule has 0 unspecified atom stereocenters. The van der Waals surface area contributed by atoms with Crippen LogP contribution < -0.4 is 14.8 Å². The van der Waals surface area contributed by atoms with E-state index in [9.17, 15) is 9.59 Å². The first kappa shape index (κ1) is 15.4. The number of anilines is 1. The molecule has 0 bridgehead atoms. The lowest BCUT2D eigenvalue weighted by molar-refractivity contribution is -0.118. The SMILES string of the molecule is O=C1COc2ncc(C(=O)N3CC(COc4ccccc4)C3)cc2N1. The van der Waals surface area contributed by atoms with Crippen LogP contribution >= 0.6 is 0 Å². The molecule has 7 nitrogen and oxygen atoms in total. The number of carbonyl (C=O) groups is 2. The Kier molecular flexibility index (Phi) is 3.97. The number of nitrogens with one attached hydrogen (secondary N) is 1. The number of pyridine rings is 1. The lowest BCUT2D eigenvalue weighted by atomic mass is 10.00. The fraction of sp³-hybridized carbons (Fsp3) is 0.278. The summed E-state index contributed by atoms with van der Waals surface area (Å²) in [5.74, 6) is 1.14. The predicted octanol–water partition coefficient (Wildman–Crippen LogP) is 1.56. The van der Waals surface area contributed by atoms with Crippen molar-refractivity contribution in [2.45, 2.75) is 0 Å². The Bertz CT molecular complexity index is 803. The van der Waals surface area contributed by atoms with Crippen LogP contribution in [0.15, 0.2) is 42.6 Å². The monoisotopic (exact) mass is 339 g/mol. The van der Waals surface area contributed by atoms with Crippen molar-refractivity contribution in [2.75, 3.05) is 31.6 Å². The molecule has 2 aliphatic rings. The summed E-state index contributed by atoms with van der Waals surface area (Å²) in [5, 5.41) is 2.66. The van der Waals surface area contributed by atoms with Gasteiger partial charge in [0.05, 0.1) is 12.2 Å². The summed E-state index contributed by atoms with van der Waals surface area (Å²) in [5.41, 5.74) is 0.874. The molecule has 1 fully saturated rings. The molecule has 0 atom stereocenters. The summed E-state index contributed by atoms with van der Waals surface area (Å²) in [6, 6.07) is 11.2. The van der Waals surface area contributed by atoms with Crippen LogP contribution in [0.1, 0.15) is 10.4 Å². The summed E-state index contributed by atoms with van der Waals surface area (Å²) in [7, 11) is 0. The second kappa shape index (κ2) is 6.43. The van der Waals surface area contributed by atoms with Gasteiger partial charge in [-0.05, 0) is 18.2 Å². The van der Waals surface area contributed by atoms with E-state index in [0.29, 0.717) is 42.7 Å². The number of hydrogen-bond donors (Lipinski definition) is 1. The van der Waals surface area contributed by atoms with E-state index in [0.717, 1.165) is 5.75 Å². The third kappa shape index (κ3) is 3.26. The van der Waals surface area contributed by atoms with E-state index < -0.39 is 0 Å². The van der Waals surface area contributed by atoms with Gasteiger partial charge in [0, 0.05) is 25.2 Å². The number of fused-ring (bicyclic) bond motifs is 1. The number of hydrogen-bond acceptors (Lipinski definition) is 5. The van der Waals surface area contributed by atoms with E-state index in [4.69, 9.17) is 9.47 Å². The third-order valence-corrected chi connectivity index (χ3v) is 4.19. The van der Waals surface area contributed by atoms with Crippen LogP contribution in [-0.4, -0.2) is 48.0 Å². The van der Waals surface area contributed by atoms with Crippen LogP contribution in [0.3, 0.4) is 0 Å². The van der Waals surface area contributed by atoms with Crippen LogP contribution in [0.4, 0.5) is 5.69 Å². The molecule has 2 aromatic rings. The fourth-order valence-corrected chi connectivity index (χ4v) is 2.85. The Morgan fingerprint density at radius 2 is 2.12 bits per heavy atom. The van der Waals surface area contributed by atoms with Gasteiger partial charge in [-0.25, -0.2) is 4.98 Å². The molecule has 0 aliphatic carbocycles. The first-order chi connectivity index (χ1) is 12.2. The van der Waals surface area contributed by atoms with Gasteiger partial charge in [0.15, 0.2) is 6.61 Å². The van der Waals surface area contributed by atoms with Crippen molar-refractivity contribution in [3.8, 4) is 11.6 Å². The number of aromatic nitrogens is 1. The fourth-order valence-electron chi connectivity index (χ4n) is 2.85. The minimum absolute atomic E-state index is 0.0531. The second-order valence-corrected chi connectivity index (χ2v) is 6.11. The molecule has 7 heteroatoms. The van der Waals surface area contributed by atoms with Crippen molar-refractivity contribution in [2.24, 2.45) is 5.92 Å². The molecule has 1 saturated heterocycles. The minimum atomic E-state index is -0.249. The number of amides is 2. The Labute approximate surface area is 144 Å². The lowest BCUT2D eigenvalue weighted by Crippen LogP contribution is -2.52. The molecule has 2 aliphatic heterocycles. The predicted molar refractivity (Wildman–Crippen MR) is 89.7 cm³/mol. The maximum absolute atomic E-state index is 12.5. The van der Waals surface area contributed by atoms with Crippen molar-refractivity contribution in [3.05, 3.63) is 48.2 Å². The van der Waals surface area contributed by atoms with Crippen molar-refractivity contribution in [1.82, 2.24) is 9.88 Å². The molecule has 0 radical (unpaired) electrons. The Morgan fingerprint density at radius 3 is 2.92 bits per heavy atom. The number of likely N-dealkylation sites (tertiary alicyclic amines) is 1. The topological polar surface area (TPSA) is 80.8 Å². The summed E-state index contributed by atoms with van der Waals surface area (Å²) >= 11 is 0. The molecular formula is C18H17N3O4. The average Bonchev–Trinajstić information content (AvgIpc) is 2.60. The summed E-state index contributed by atoms with van der Waals surface area (Å²) < 4.78 is 10.9. The summed E-state index contributed by atoms with van der Waals surface area (Å²) in [6.45, 7) is 1.82. The summed E-state index contributed by atoms with van der Waals surface area (Å²) in [6.07, 6.45) is 1.48. The first-order valence-electron chi connectivity index (χ1n) is 8.09. The molecular weight excluding hydrogens is 322 g/mol. The molecule has 2 amide bonds. The van der Waals surface area contributed by atoms with Crippen molar-refractivity contribution in [1.29, 1.82) is 0 Å². The van der Waals surface area contributed by atoms with Crippen LogP contribution in [-0.2, 0) is 4.79 Å². The van der Waals surface area contributed by atoms with E-state index in [1.807, 2.05) is 30.3 Å². The first-order valence-corrected chi connectivity index (χ1v) is 8.09. The molecule has 3 heterocycles. The average molecular weight is 339 g/mol.